The van der Waals surface area contributed by atoms with Crippen LogP contribution in [0.15, 0.2) is 24.4 Å². The van der Waals surface area contributed by atoms with Gasteiger partial charge in [-0.1, -0.05) is 0 Å². The number of carboxylic acids is 1. The van der Waals surface area contributed by atoms with Crippen molar-refractivity contribution in [3.8, 4) is 0 Å². The quantitative estimate of drug-likeness (QED) is 0.884. The van der Waals surface area contributed by atoms with Crippen LogP contribution in [-0.2, 0) is 0 Å². The molecule has 0 atom stereocenters. The second-order valence-corrected chi connectivity index (χ2v) is 4.37. The maximum absolute atomic E-state index is 11.3. The van der Waals surface area contributed by atoms with Gasteiger partial charge in [-0.3, -0.25) is 4.98 Å². The molecule has 0 saturated carbocycles. The molecule has 2 aromatic heterocycles. The van der Waals surface area contributed by atoms with Gasteiger partial charge in [0.25, 0.3) is 0 Å². The van der Waals surface area contributed by atoms with Gasteiger partial charge in [-0.25, -0.2) is 9.78 Å². The minimum Gasteiger partial charge on any atom is -0.478 e. The van der Waals surface area contributed by atoms with Crippen molar-refractivity contribution in [1.82, 2.24) is 9.97 Å². The molecule has 0 aliphatic heterocycles. The van der Waals surface area contributed by atoms with E-state index in [1.54, 1.807) is 25.3 Å². The third-order valence-electron chi connectivity index (χ3n) is 2.82. The number of anilines is 2. The Kier molecular flexibility index (Phi) is 3.46. The van der Waals surface area contributed by atoms with Gasteiger partial charge in [-0.15, -0.1) is 0 Å². The summed E-state index contributed by atoms with van der Waals surface area (Å²) in [6.45, 7) is 5.45. The molecule has 2 N–H and O–H groups in total. The molecule has 19 heavy (non-hydrogen) atoms. The Morgan fingerprint density at radius 2 is 2.05 bits per heavy atom. The summed E-state index contributed by atoms with van der Waals surface area (Å²) in [5.41, 5.74) is 3.19. The number of aromatic carboxylic acids is 1. The Labute approximate surface area is 111 Å². The zero-order valence-electron chi connectivity index (χ0n) is 11.1. The lowest BCUT2D eigenvalue weighted by Crippen LogP contribution is -2.09. The molecule has 98 valence electrons. The minimum atomic E-state index is -0.992. The van der Waals surface area contributed by atoms with Crippen molar-refractivity contribution in [2.24, 2.45) is 0 Å². The van der Waals surface area contributed by atoms with Crippen LogP contribution in [0.3, 0.4) is 0 Å². The molecule has 0 aromatic carbocycles. The lowest BCUT2D eigenvalue weighted by atomic mass is 10.1. The van der Waals surface area contributed by atoms with E-state index in [2.05, 4.69) is 15.3 Å². The number of pyridine rings is 2. The highest BCUT2D eigenvalue weighted by Crippen LogP contribution is 2.23. The maximum Gasteiger partial charge on any atom is 0.339 e. The van der Waals surface area contributed by atoms with Gasteiger partial charge in [0.15, 0.2) is 0 Å². The SMILES string of the molecule is Cc1cc(C)c(C(=O)O)c(Nc2cccnc2C)n1. The number of hydrogen-bond donors (Lipinski definition) is 2. The molecule has 0 spiro atoms. The van der Waals surface area contributed by atoms with E-state index in [1.807, 2.05) is 19.9 Å². The Morgan fingerprint density at radius 3 is 2.68 bits per heavy atom. The monoisotopic (exact) mass is 257 g/mol. The van der Waals surface area contributed by atoms with Crippen LogP contribution in [0.4, 0.5) is 11.5 Å². The molecule has 2 rings (SSSR count). The number of carbonyl (C=O) groups is 1. The van der Waals surface area contributed by atoms with Gasteiger partial charge in [0, 0.05) is 11.9 Å². The highest BCUT2D eigenvalue weighted by atomic mass is 16.4. The average molecular weight is 257 g/mol. The van der Waals surface area contributed by atoms with Gasteiger partial charge >= 0.3 is 5.97 Å². The van der Waals surface area contributed by atoms with E-state index < -0.39 is 5.97 Å². The van der Waals surface area contributed by atoms with E-state index in [-0.39, 0.29) is 5.56 Å². The van der Waals surface area contributed by atoms with Crippen LogP contribution in [0.25, 0.3) is 0 Å². The molecule has 0 saturated heterocycles. The van der Waals surface area contributed by atoms with Gasteiger partial charge in [0.1, 0.15) is 11.4 Å². The highest BCUT2D eigenvalue weighted by molar-refractivity contribution is 5.95. The molecule has 0 fully saturated rings. The van der Waals surface area contributed by atoms with E-state index in [0.717, 1.165) is 17.1 Å². The van der Waals surface area contributed by atoms with Crippen LogP contribution < -0.4 is 5.32 Å². The van der Waals surface area contributed by atoms with E-state index in [1.165, 1.54) is 0 Å². The fourth-order valence-corrected chi connectivity index (χ4v) is 1.94. The van der Waals surface area contributed by atoms with Gasteiger partial charge in [0.05, 0.1) is 11.4 Å². The average Bonchev–Trinajstić information content (AvgIpc) is 2.30. The van der Waals surface area contributed by atoms with Crippen molar-refractivity contribution in [3.63, 3.8) is 0 Å². The second kappa shape index (κ2) is 5.06. The van der Waals surface area contributed by atoms with Crippen molar-refractivity contribution in [2.45, 2.75) is 20.8 Å². The van der Waals surface area contributed by atoms with Crippen LogP contribution in [0.1, 0.15) is 27.3 Å². The molecule has 0 amide bonds. The van der Waals surface area contributed by atoms with Crippen LogP contribution >= 0.6 is 0 Å². The molecule has 0 unspecified atom stereocenters. The first-order chi connectivity index (χ1) is 8.99. The second-order valence-electron chi connectivity index (χ2n) is 4.37. The zero-order chi connectivity index (χ0) is 14.0. The first-order valence-corrected chi connectivity index (χ1v) is 5.89. The number of hydrogen-bond acceptors (Lipinski definition) is 4. The molecule has 2 aromatic rings. The Morgan fingerprint density at radius 1 is 1.32 bits per heavy atom. The predicted molar refractivity (Wildman–Crippen MR) is 72.9 cm³/mol. The van der Waals surface area contributed by atoms with E-state index >= 15 is 0 Å². The largest absolute Gasteiger partial charge is 0.478 e. The van der Waals surface area contributed by atoms with Crippen LogP contribution in [0, 0.1) is 20.8 Å². The summed E-state index contributed by atoms with van der Waals surface area (Å²) in [5, 5.41) is 12.3. The summed E-state index contributed by atoms with van der Waals surface area (Å²) in [5.74, 6) is -0.643. The first-order valence-electron chi connectivity index (χ1n) is 5.89. The Bertz CT molecular complexity index is 639. The third kappa shape index (κ3) is 2.70. The summed E-state index contributed by atoms with van der Waals surface area (Å²) in [7, 11) is 0. The number of carboxylic acid groups (broad SMARTS) is 1. The number of aromatic nitrogens is 2. The molecule has 0 radical (unpaired) electrons. The smallest absolute Gasteiger partial charge is 0.339 e. The molecular weight excluding hydrogens is 242 g/mol. The fraction of sp³-hybridized carbons (Fsp3) is 0.214. The lowest BCUT2D eigenvalue weighted by Gasteiger charge is -2.13. The van der Waals surface area contributed by atoms with Gasteiger partial charge in [-0.2, -0.15) is 0 Å². The van der Waals surface area contributed by atoms with Crippen LogP contribution in [0.5, 0.6) is 0 Å². The van der Waals surface area contributed by atoms with Gasteiger partial charge < -0.3 is 10.4 Å². The normalized spacial score (nSPS) is 10.3. The molecule has 0 aliphatic carbocycles. The summed E-state index contributed by atoms with van der Waals surface area (Å²) in [4.78, 5) is 19.8. The molecule has 5 nitrogen and oxygen atoms in total. The first kappa shape index (κ1) is 13.0. The topological polar surface area (TPSA) is 75.1 Å². The molecule has 0 bridgehead atoms. The van der Waals surface area contributed by atoms with Crippen molar-refractivity contribution >= 4 is 17.5 Å². The third-order valence-corrected chi connectivity index (χ3v) is 2.82. The predicted octanol–water partition coefficient (Wildman–Crippen LogP) is 2.84. The molecular formula is C14H15N3O2. The Balaban J connectivity index is 2.51. The van der Waals surface area contributed by atoms with E-state index in [4.69, 9.17) is 0 Å². The van der Waals surface area contributed by atoms with Crippen LogP contribution in [0.2, 0.25) is 0 Å². The van der Waals surface area contributed by atoms with Crippen molar-refractivity contribution in [2.75, 3.05) is 5.32 Å². The minimum absolute atomic E-state index is 0.189. The van der Waals surface area contributed by atoms with Crippen molar-refractivity contribution in [1.29, 1.82) is 0 Å². The summed E-state index contributed by atoms with van der Waals surface area (Å²) < 4.78 is 0. The van der Waals surface area contributed by atoms with Gasteiger partial charge in [0.2, 0.25) is 0 Å². The van der Waals surface area contributed by atoms with E-state index in [0.29, 0.717) is 11.4 Å². The molecule has 5 heteroatoms. The summed E-state index contributed by atoms with van der Waals surface area (Å²) in [6, 6.07) is 5.39. The zero-order valence-corrected chi connectivity index (χ0v) is 11.1. The number of aryl methyl sites for hydroxylation is 3. The Hall–Kier alpha value is -2.43. The standard InChI is InChI=1S/C14H15N3O2/c1-8-7-9(2)16-13(12(8)14(18)19)17-11-5-4-6-15-10(11)3/h4-7H,1-3H3,(H,16,17)(H,18,19). The van der Waals surface area contributed by atoms with Crippen LogP contribution in [-0.4, -0.2) is 21.0 Å². The van der Waals surface area contributed by atoms with Crippen molar-refractivity contribution < 1.29 is 9.90 Å². The molecule has 2 heterocycles. The summed E-state index contributed by atoms with van der Waals surface area (Å²) in [6.07, 6.45) is 1.69. The number of rotatable bonds is 3. The molecule has 0 aliphatic rings. The van der Waals surface area contributed by atoms with Crippen molar-refractivity contribution in [3.05, 3.63) is 46.9 Å². The highest BCUT2D eigenvalue weighted by Gasteiger charge is 2.16. The number of nitrogens with zero attached hydrogens (tertiary/aromatic N) is 2. The lowest BCUT2D eigenvalue weighted by molar-refractivity contribution is 0.0697. The maximum atomic E-state index is 11.3. The fourth-order valence-electron chi connectivity index (χ4n) is 1.94. The number of nitrogens with one attached hydrogen (secondary N) is 1. The summed E-state index contributed by atoms with van der Waals surface area (Å²) >= 11 is 0. The van der Waals surface area contributed by atoms with Gasteiger partial charge in [-0.05, 0) is 44.5 Å². The van der Waals surface area contributed by atoms with E-state index in [9.17, 15) is 9.90 Å².